The molecule has 0 unspecified atom stereocenters. The first kappa shape index (κ1) is 13.3. The molecule has 1 heterocycles. The molecule has 0 atom stereocenters. The Morgan fingerprint density at radius 3 is 2.47 bits per heavy atom. The first-order valence-electron chi connectivity index (χ1n) is 5.47. The number of carbonyl (C=O) groups excluding carboxylic acids is 1. The summed E-state index contributed by atoms with van der Waals surface area (Å²) in [4.78, 5) is 10.9. The normalized spacial score (nSPS) is 11.3. The van der Waals surface area contributed by atoms with E-state index in [9.17, 15) is 13.2 Å². The molecule has 0 aliphatic rings. The molecule has 0 fully saturated rings. The predicted octanol–water partition coefficient (Wildman–Crippen LogP) is 1.47. The highest BCUT2D eigenvalue weighted by atomic mass is 32.2. The van der Waals surface area contributed by atoms with Crippen LogP contribution < -0.4 is 4.72 Å². The van der Waals surface area contributed by atoms with Crippen molar-refractivity contribution in [1.82, 2.24) is 9.88 Å². The summed E-state index contributed by atoms with van der Waals surface area (Å²) in [6.07, 6.45) is 0. The third-order valence-electron chi connectivity index (χ3n) is 2.40. The monoisotopic (exact) mass is 280 g/mol. The molecule has 0 saturated heterocycles. The Balaban J connectivity index is 2.59. The van der Waals surface area contributed by atoms with E-state index in [1.807, 2.05) is 4.72 Å². The van der Waals surface area contributed by atoms with Crippen LogP contribution in [0.2, 0.25) is 0 Å². The molecule has 0 radical (unpaired) electrons. The van der Waals surface area contributed by atoms with Gasteiger partial charge in [-0.3, -0.25) is 4.79 Å². The first-order chi connectivity index (χ1) is 8.92. The molecule has 0 aliphatic heterocycles. The Morgan fingerprint density at radius 1 is 1.26 bits per heavy atom. The number of carbonyl (C=O) groups is 1. The van der Waals surface area contributed by atoms with Gasteiger partial charge in [0.15, 0.2) is 10.7 Å². The zero-order chi connectivity index (χ0) is 14.0. The van der Waals surface area contributed by atoms with Crippen LogP contribution in [-0.2, 0) is 14.8 Å². The maximum absolute atomic E-state index is 12.1. The van der Waals surface area contributed by atoms with Gasteiger partial charge in [0, 0.05) is 12.5 Å². The van der Waals surface area contributed by atoms with Crippen molar-refractivity contribution >= 4 is 15.9 Å². The molecule has 0 saturated carbocycles. The van der Waals surface area contributed by atoms with Crippen LogP contribution in [0, 0.1) is 6.92 Å². The Hall–Kier alpha value is -2.15. The van der Waals surface area contributed by atoms with Gasteiger partial charge in [-0.15, -0.1) is 0 Å². The number of rotatable bonds is 3. The maximum Gasteiger partial charge on any atom is 0.269 e. The molecule has 1 aromatic carbocycles. The molecule has 0 aliphatic carbocycles. The van der Waals surface area contributed by atoms with E-state index in [-0.39, 0.29) is 16.3 Å². The summed E-state index contributed by atoms with van der Waals surface area (Å²) in [5, 5.41) is 3.75. The van der Waals surface area contributed by atoms with E-state index < -0.39 is 15.9 Å². The predicted molar refractivity (Wildman–Crippen MR) is 67.7 cm³/mol. The molecule has 100 valence electrons. The van der Waals surface area contributed by atoms with Crippen LogP contribution in [0.3, 0.4) is 0 Å². The average molecular weight is 280 g/mol. The van der Waals surface area contributed by atoms with Crippen molar-refractivity contribution in [2.75, 3.05) is 0 Å². The van der Waals surface area contributed by atoms with Crippen molar-refractivity contribution in [3.8, 4) is 11.3 Å². The summed E-state index contributed by atoms with van der Waals surface area (Å²) >= 11 is 0. The van der Waals surface area contributed by atoms with Crippen molar-refractivity contribution in [2.45, 2.75) is 18.7 Å². The number of amides is 1. The van der Waals surface area contributed by atoms with Gasteiger partial charge in [-0.1, -0.05) is 35.5 Å². The van der Waals surface area contributed by atoms with Crippen molar-refractivity contribution in [3.63, 3.8) is 0 Å². The van der Waals surface area contributed by atoms with Gasteiger partial charge in [-0.25, -0.2) is 13.1 Å². The van der Waals surface area contributed by atoms with Gasteiger partial charge in [0.2, 0.25) is 5.91 Å². The van der Waals surface area contributed by atoms with Crippen molar-refractivity contribution < 1.29 is 17.7 Å². The van der Waals surface area contributed by atoms with E-state index in [2.05, 4.69) is 5.16 Å². The Labute approximate surface area is 110 Å². The summed E-state index contributed by atoms with van der Waals surface area (Å²) in [6, 6.07) is 8.74. The van der Waals surface area contributed by atoms with E-state index in [1.165, 1.54) is 6.92 Å². The first-order valence-corrected chi connectivity index (χ1v) is 6.95. The van der Waals surface area contributed by atoms with Crippen molar-refractivity contribution in [2.24, 2.45) is 0 Å². The molecule has 1 aromatic heterocycles. The number of nitrogens with one attached hydrogen (secondary N) is 1. The number of hydrogen-bond acceptors (Lipinski definition) is 5. The second kappa shape index (κ2) is 4.85. The minimum atomic E-state index is -3.98. The standard InChI is InChI=1S/C12H12N2O4S/c1-8-12(19(16,17)14-9(2)15)11(13-18-8)10-6-4-3-5-7-10/h3-7H,1-2H3,(H,14,15). The molecular weight excluding hydrogens is 268 g/mol. The fourth-order valence-corrected chi connectivity index (χ4v) is 3.01. The second-order valence-corrected chi connectivity index (χ2v) is 5.56. The lowest BCUT2D eigenvalue weighted by Gasteiger charge is -2.05. The van der Waals surface area contributed by atoms with Crippen LogP contribution in [0.15, 0.2) is 39.8 Å². The second-order valence-electron chi connectivity index (χ2n) is 3.94. The van der Waals surface area contributed by atoms with Crippen LogP contribution in [0.25, 0.3) is 11.3 Å². The summed E-state index contributed by atoms with van der Waals surface area (Å²) in [6.45, 7) is 2.61. The van der Waals surface area contributed by atoms with E-state index in [0.29, 0.717) is 5.56 Å². The zero-order valence-corrected chi connectivity index (χ0v) is 11.2. The number of hydrogen-bond donors (Lipinski definition) is 1. The third kappa shape index (κ3) is 2.65. The quantitative estimate of drug-likeness (QED) is 0.919. The summed E-state index contributed by atoms with van der Waals surface area (Å²) in [7, 11) is -3.98. The Morgan fingerprint density at radius 2 is 1.89 bits per heavy atom. The topological polar surface area (TPSA) is 89.3 Å². The van der Waals surface area contributed by atoms with Gasteiger partial charge in [-0.05, 0) is 6.92 Å². The van der Waals surface area contributed by atoms with Gasteiger partial charge in [0.25, 0.3) is 10.0 Å². The average Bonchev–Trinajstić information content (AvgIpc) is 2.71. The fraction of sp³-hybridized carbons (Fsp3) is 0.167. The largest absolute Gasteiger partial charge is 0.360 e. The number of nitrogens with zero attached hydrogens (tertiary/aromatic N) is 1. The van der Waals surface area contributed by atoms with Crippen LogP contribution >= 0.6 is 0 Å². The van der Waals surface area contributed by atoms with Crippen LogP contribution in [0.5, 0.6) is 0 Å². The van der Waals surface area contributed by atoms with Crippen LogP contribution in [-0.4, -0.2) is 19.5 Å². The zero-order valence-electron chi connectivity index (χ0n) is 10.4. The SMILES string of the molecule is CC(=O)NS(=O)(=O)c1c(-c2ccccc2)noc1C. The molecule has 7 heteroatoms. The summed E-state index contributed by atoms with van der Waals surface area (Å²) in [5.74, 6) is -0.535. The van der Waals surface area contributed by atoms with Gasteiger partial charge in [0.05, 0.1) is 0 Å². The Bertz CT molecular complexity index is 705. The third-order valence-corrected chi connectivity index (χ3v) is 3.98. The van der Waals surface area contributed by atoms with Crippen LogP contribution in [0.4, 0.5) is 0 Å². The highest BCUT2D eigenvalue weighted by molar-refractivity contribution is 7.90. The maximum atomic E-state index is 12.1. The highest BCUT2D eigenvalue weighted by Crippen LogP contribution is 2.28. The molecule has 19 heavy (non-hydrogen) atoms. The van der Waals surface area contributed by atoms with Gasteiger partial charge >= 0.3 is 0 Å². The molecule has 1 amide bonds. The van der Waals surface area contributed by atoms with Crippen LogP contribution in [0.1, 0.15) is 12.7 Å². The lowest BCUT2D eigenvalue weighted by molar-refractivity contribution is -0.117. The molecule has 2 rings (SSSR count). The number of benzene rings is 1. The van der Waals surface area contributed by atoms with E-state index in [0.717, 1.165) is 6.92 Å². The molecule has 0 spiro atoms. The summed E-state index contributed by atoms with van der Waals surface area (Å²) < 4.78 is 31.0. The Kier molecular flexibility index (Phi) is 3.39. The molecule has 0 bridgehead atoms. The van der Waals surface area contributed by atoms with E-state index in [1.54, 1.807) is 30.3 Å². The van der Waals surface area contributed by atoms with E-state index >= 15 is 0 Å². The fourth-order valence-electron chi connectivity index (χ4n) is 1.70. The number of aromatic nitrogens is 1. The minimum absolute atomic E-state index is 0.117. The van der Waals surface area contributed by atoms with Gasteiger partial charge < -0.3 is 4.52 Å². The molecular formula is C12H12N2O4S. The molecule has 2 aromatic rings. The lowest BCUT2D eigenvalue weighted by Crippen LogP contribution is -2.28. The molecule has 1 N–H and O–H groups in total. The number of sulfonamides is 1. The minimum Gasteiger partial charge on any atom is -0.360 e. The van der Waals surface area contributed by atoms with Crippen molar-refractivity contribution in [3.05, 3.63) is 36.1 Å². The highest BCUT2D eigenvalue weighted by Gasteiger charge is 2.27. The van der Waals surface area contributed by atoms with E-state index in [4.69, 9.17) is 4.52 Å². The lowest BCUT2D eigenvalue weighted by atomic mass is 10.1. The van der Waals surface area contributed by atoms with Gasteiger partial charge in [-0.2, -0.15) is 0 Å². The summed E-state index contributed by atoms with van der Waals surface area (Å²) in [5.41, 5.74) is 0.787. The number of aryl methyl sites for hydroxylation is 1. The van der Waals surface area contributed by atoms with Gasteiger partial charge in [0.1, 0.15) is 5.69 Å². The smallest absolute Gasteiger partial charge is 0.269 e. The van der Waals surface area contributed by atoms with Crippen molar-refractivity contribution in [1.29, 1.82) is 0 Å². The molecule has 6 nitrogen and oxygen atoms in total.